The number of benzene rings is 1. The van der Waals surface area contributed by atoms with E-state index in [0.717, 1.165) is 29.5 Å². The van der Waals surface area contributed by atoms with Crippen LogP contribution in [0.1, 0.15) is 79.1 Å². The van der Waals surface area contributed by atoms with Gasteiger partial charge in [0.15, 0.2) is 0 Å². The van der Waals surface area contributed by atoms with Crippen LogP contribution in [-0.2, 0) is 6.67 Å². The molecule has 2 rings (SSSR count). The van der Waals surface area contributed by atoms with Gasteiger partial charge in [0.1, 0.15) is 5.52 Å². The SMILES string of the molecule is CCCC[C@@H](CC)CN(C[C@@H](CC)CCCC)Cn1nnc2ccccc21. The maximum atomic E-state index is 4.45. The summed E-state index contributed by atoms with van der Waals surface area (Å²) in [5.74, 6) is 1.56. The van der Waals surface area contributed by atoms with Gasteiger partial charge < -0.3 is 0 Å². The first-order valence-corrected chi connectivity index (χ1v) is 11.2. The normalized spacial score (nSPS) is 14.1. The Morgan fingerprint density at radius 1 is 0.889 bits per heavy atom. The number of unbranched alkanes of at least 4 members (excludes halogenated alkanes) is 2. The summed E-state index contributed by atoms with van der Waals surface area (Å²) >= 11 is 0. The van der Waals surface area contributed by atoms with Gasteiger partial charge in [-0.15, -0.1) is 5.10 Å². The number of para-hydroxylation sites is 1. The molecule has 152 valence electrons. The Kier molecular flexibility index (Phi) is 9.82. The molecule has 2 aromatic rings. The Balaban J connectivity index is 2.11. The van der Waals surface area contributed by atoms with Crippen molar-refractivity contribution in [1.82, 2.24) is 19.9 Å². The van der Waals surface area contributed by atoms with Crippen molar-refractivity contribution in [3.63, 3.8) is 0 Å². The molecule has 0 bridgehead atoms. The van der Waals surface area contributed by atoms with E-state index in [2.05, 4.69) is 65.8 Å². The maximum absolute atomic E-state index is 4.45. The van der Waals surface area contributed by atoms with Crippen LogP contribution in [0.25, 0.3) is 11.0 Å². The van der Waals surface area contributed by atoms with Gasteiger partial charge in [-0.1, -0.05) is 83.6 Å². The van der Waals surface area contributed by atoms with Crippen LogP contribution in [0.2, 0.25) is 0 Å². The summed E-state index contributed by atoms with van der Waals surface area (Å²) in [6, 6.07) is 8.30. The van der Waals surface area contributed by atoms with Crippen LogP contribution in [0.15, 0.2) is 24.3 Å². The Morgan fingerprint density at radius 3 is 2.04 bits per heavy atom. The van der Waals surface area contributed by atoms with E-state index in [1.165, 1.54) is 64.5 Å². The first-order valence-electron chi connectivity index (χ1n) is 11.2. The Labute approximate surface area is 166 Å². The smallest absolute Gasteiger partial charge is 0.113 e. The van der Waals surface area contributed by atoms with E-state index in [4.69, 9.17) is 0 Å². The highest BCUT2D eigenvalue weighted by molar-refractivity contribution is 5.73. The summed E-state index contributed by atoms with van der Waals surface area (Å²) in [5.41, 5.74) is 2.14. The van der Waals surface area contributed by atoms with Gasteiger partial charge in [-0.2, -0.15) is 0 Å². The topological polar surface area (TPSA) is 34.0 Å². The van der Waals surface area contributed by atoms with Gasteiger partial charge in [0.05, 0.1) is 12.2 Å². The van der Waals surface area contributed by atoms with Crippen molar-refractivity contribution in [2.45, 2.75) is 85.7 Å². The lowest BCUT2D eigenvalue weighted by Crippen LogP contribution is -2.36. The molecule has 0 amide bonds. The van der Waals surface area contributed by atoms with Gasteiger partial charge >= 0.3 is 0 Å². The maximum Gasteiger partial charge on any atom is 0.113 e. The van der Waals surface area contributed by atoms with Crippen molar-refractivity contribution in [3.8, 4) is 0 Å². The zero-order valence-corrected chi connectivity index (χ0v) is 18.0. The van der Waals surface area contributed by atoms with Crippen LogP contribution < -0.4 is 0 Å². The summed E-state index contributed by atoms with van der Waals surface area (Å²) in [7, 11) is 0. The molecule has 0 unspecified atom stereocenters. The number of hydrogen-bond donors (Lipinski definition) is 0. The minimum absolute atomic E-state index is 0.781. The second-order valence-corrected chi connectivity index (χ2v) is 8.09. The van der Waals surface area contributed by atoms with Gasteiger partial charge in [-0.05, 0) is 36.8 Å². The van der Waals surface area contributed by atoms with Crippen LogP contribution in [0.5, 0.6) is 0 Å². The Morgan fingerprint density at radius 2 is 1.48 bits per heavy atom. The summed E-state index contributed by atoms with van der Waals surface area (Å²) in [5, 5.41) is 8.81. The van der Waals surface area contributed by atoms with Crippen LogP contribution in [0, 0.1) is 11.8 Å². The average molecular weight is 373 g/mol. The highest BCUT2D eigenvalue weighted by Gasteiger charge is 2.18. The number of fused-ring (bicyclic) bond motifs is 1. The van der Waals surface area contributed by atoms with E-state index in [1.54, 1.807) is 0 Å². The Bertz CT molecular complexity index is 618. The van der Waals surface area contributed by atoms with Crippen molar-refractivity contribution in [2.75, 3.05) is 13.1 Å². The number of nitrogens with zero attached hydrogens (tertiary/aromatic N) is 4. The molecule has 4 heteroatoms. The number of aromatic nitrogens is 3. The second kappa shape index (κ2) is 12.1. The first kappa shape index (κ1) is 21.9. The van der Waals surface area contributed by atoms with Gasteiger partial charge in [0, 0.05) is 13.1 Å². The number of rotatable bonds is 14. The molecule has 27 heavy (non-hydrogen) atoms. The number of hydrogen-bond acceptors (Lipinski definition) is 3. The molecule has 0 aliphatic rings. The van der Waals surface area contributed by atoms with Gasteiger partial charge in [-0.3, -0.25) is 4.90 Å². The molecular formula is C23H40N4. The molecule has 0 aliphatic heterocycles. The van der Waals surface area contributed by atoms with E-state index >= 15 is 0 Å². The van der Waals surface area contributed by atoms with Gasteiger partial charge in [0.25, 0.3) is 0 Å². The Hall–Kier alpha value is -1.42. The summed E-state index contributed by atoms with van der Waals surface area (Å²) in [6.07, 6.45) is 10.5. The lowest BCUT2D eigenvalue weighted by atomic mass is 9.96. The predicted molar refractivity (Wildman–Crippen MR) is 116 cm³/mol. The zero-order chi connectivity index (χ0) is 19.5. The van der Waals surface area contributed by atoms with Crippen molar-refractivity contribution in [3.05, 3.63) is 24.3 Å². The van der Waals surface area contributed by atoms with Crippen molar-refractivity contribution >= 4 is 11.0 Å². The van der Waals surface area contributed by atoms with E-state index in [9.17, 15) is 0 Å². The fraction of sp³-hybridized carbons (Fsp3) is 0.739. The summed E-state index contributed by atoms with van der Waals surface area (Å²) < 4.78 is 2.09. The largest absolute Gasteiger partial charge is 0.284 e. The molecule has 1 aromatic heterocycles. The van der Waals surface area contributed by atoms with E-state index in [-0.39, 0.29) is 0 Å². The molecule has 4 nitrogen and oxygen atoms in total. The minimum Gasteiger partial charge on any atom is -0.284 e. The van der Waals surface area contributed by atoms with Crippen LogP contribution in [0.3, 0.4) is 0 Å². The third kappa shape index (κ3) is 6.91. The van der Waals surface area contributed by atoms with Gasteiger partial charge in [-0.25, -0.2) is 4.68 Å². The molecule has 1 aromatic carbocycles. The average Bonchev–Trinajstić information content (AvgIpc) is 3.10. The fourth-order valence-electron chi connectivity index (χ4n) is 3.97. The van der Waals surface area contributed by atoms with E-state index in [1.807, 2.05) is 6.07 Å². The molecule has 2 atom stereocenters. The quantitative estimate of drug-likeness (QED) is 0.400. The highest BCUT2D eigenvalue weighted by atomic mass is 15.5. The molecule has 0 radical (unpaired) electrons. The second-order valence-electron chi connectivity index (χ2n) is 8.09. The first-order chi connectivity index (χ1) is 13.2. The van der Waals surface area contributed by atoms with Crippen LogP contribution in [-0.4, -0.2) is 33.0 Å². The molecule has 1 heterocycles. The molecule has 0 fully saturated rings. The molecule has 0 saturated carbocycles. The van der Waals surface area contributed by atoms with E-state index in [0.29, 0.717) is 0 Å². The van der Waals surface area contributed by atoms with Crippen LogP contribution >= 0.6 is 0 Å². The monoisotopic (exact) mass is 372 g/mol. The zero-order valence-electron chi connectivity index (χ0n) is 18.0. The molecular weight excluding hydrogens is 332 g/mol. The standard InChI is InChI=1S/C23H40N4/c1-5-9-13-20(7-3)17-26(18-21(8-4)14-10-6-2)19-27-23-16-12-11-15-22(23)24-25-27/h11-12,15-16,20-21H,5-10,13-14,17-19H2,1-4H3/t20-,21+. The predicted octanol–water partition coefficient (Wildman–Crippen LogP) is 6.12. The van der Waals surface area contributed by atoms with Gasteiger partial charge in [0.2, 0.25) is 0 Å². The van der Waals surface area contributed by atoms with E-state index < -0.39 is 0 Å². The molecule has 0 saturated heterocycles. The fourth-order valence-corrected chi connectivity index (χ4v) is 3.97. The highest BCUT2D eigenvalue weighted by Crippen LogP contribution is 2.20. The van der Waals surface area contributed by atoms with Crippen molar-refractivity contribution in [1.29, 1.82) is 0 Å². The lowest BCUT2D eigenvalue weighted by Gasteiger charge is -2.30. The molecule has 0 spiro atoms. The summed E-state index contributed by atoms with van der Waals surface area (Å²) in [4.78, 5) is 2.65. The summed E-state index contributed by atoms with van der Waals surface area (Å²) in [6.45, 7) is 12.5. The van der Waals surface area contributed by atoms with Crippen molar-refractivity contribution in [2.24, 2.45) is 11.8 Å². The van der Waals surface area contributed by atoms with Crippen molar-refractivity contribution < 1.29 is 0 Å². The third-order valence-corrected chi connectivity index (χ3v) is 5.87. The molecule has 0 aliphatic carbocycles. The lowest BCUT2D eigenvalue weighted by molar-refractivity contribution is 0.139. The molecule has 0 N–H and O–H groups in total. The van der Waals surface area contributed by atoms with Crippen LogP contribution in [0.4, 0.5) is 0 Å². The minimum atomic E-state index is 0.781. The third-order valence-electron chi connectivity index (χ3n) is 5.87.